The average molecular weight is 228 g/mol. The minimum absolute atomic E-state index is 0.0761. The van der Waals surface area contributed by atoms with Gasteiger partial charge < -0.3 is 0 Å². The number of benzene rings is 1. The van der Waals surface area contributed by atoms with Crippen molar-refractivity contribution in [2.24, 2.45) is 0 Å². The van der Waals surface area contributed by atoms with Gasteiger partial charge in [-0.15, -0.1) is 0 Å². The third kappa shape index (κ3) is 4.08. The second kappa shape index (κ2) is 5.46. The second-order valence-electron chi connectivity index (χ2n) is 3.13. The van der Waals surface area contributed by atoms with E-state index in [0.717, 1.165) is 5.56 Å². The van der Waals surface area contributed by atoms with E-state index in [4.69, 9.17) is 11.6 Å². The number of halogens is 1. The third-order valence-electron chi connectivity index (χ3n) is 1.99. The molecular weight excluding hydrogens is 218 g/mol. The van der Waals surface area contributed by atoms with Crippen molar-refractivity contribution in [3.8, 4) is 0 Å². The summed E-state index contributed by atoms with van der Waals surface area (Å²) in [5.41, 5.74) is 1.05. The maximum atomic E-state index is 10.5. The van der Waals surface area contributed by atoms with Crippen LogP contribution in [0, 0.1) is 10.1 Å². The molecule has 5 heteroatoms. The topological polar surface area (TPSA) is 60.2 Å². The zero-order valence-corrected chi connectivity index (χ0v) is 8.74. The molecular formula is C10H10ClNO3. The first-order valence-corrected chi connectivity index (χ1v) is 4.89. The quantitative estimate of drug-likeness (QED) is 0.441. The van der Waals surface area contributed by atoms with Crippen LogP contribution >= 0.6 is 11.6 Å². The first kappa shape index (κ1) is 11.7. The molecule has 1 aromatic rings. The maximum absolute atomic E-state index is 10.5. The van der Waals surface area contributed by atoms with Crippen LogP contribution in [0.4, 0.5) is 5.69 Å². The van der Waals surface area contributed by atoms with E-state index in [9.17, 15) is 14.9 Å². The third-order valence-corrected chi connectivity index (χ3v) is 2.17. The van der Waals surface area contributed by atoms with Crippen molar-refractivity contribution in [3.05, 3.63) is 39.9 Å². The van der Waals surface area contributed by atoms with Crippen LogP contribution in [0.3, 0.4) is 0 Å². The lowest BCUT2D eigenvalue weighted by atomic mass is 10.1. The Hall–Kier alpha value is -1.42. The molecule has 0 saturated heterocycles. The molecule has 80 valence electrons. The Morgan fingerprint density at radius 2 is 1.93 bits per heavy atom. The number of hydrogen-bond acceptors (Lipinski definition) is 3. The van der Waals surface area contributed by atoms with Crippen LogP contribution in [-0.4, -0.2) is 10.2 Å². The first-order chi connectivity index (χ1) is 7.09. The normalized spacial score (nSPS) is 9.93. The standard InChI is InChI=1S/C10H10ClNO3/c11-10(13)3-1-2-8-4-6-9(7-5-8)12(14)15/h4-7H,1-3H2. The first-order valence-electron chi connectivity index (χ1n) is 4.51. The van der Waals surface area contributed by atoms with Gasteiger partial charge in [0.2, 0.25) is 5.24 Å². The molecule has 0 bridgehead atoms. The minimum Gasteiger partial charge on any atom is -0.281 e. The van der Waals surface area contributed by atoms with Gasteiger partial charge in [-0.25, -0.2) is 0 Å². The van der Waals surface area contributed by atoms with Crippen molar-refractivity contribution >= 4 is 22.5 Å². The van der Waals surface area contributed by atoms with Gasteiger partial charge in [-0.3, -0.25) is 14.9 Å². The Bertz CT molecular complexity index is 361. The van der Waals surface area contributed by atoms with E-state index in [1.807, 2.05) is 0 Å². The molecule has 0 spiro atoms. The van der Waals surface area contributed by atoms with E-state index in [2.05, 4.69) is 0 Å². The van der Waals surface area contributed by atoms with Crippen LogP contribution < -0.4 is 0 Å². The van der Waals surface area contributed by atoms with E-state index < -0.39 is 4.92 Å². The van der Waals surface area contributed by atoms with Crippen LogP contribution in [0.15, 0.2) is 24.3 Å². The Balaban J connectivity index is 2.50. The second-order valence-corrected chi connectivity index (χ2v) is 3.55. The number of rotatable bonds is 5. The van der Waals surface area contributed by atoms with Gasteiger partial charge in [0.25, 0.3) is 5.69 Å². The minimum atomic E-state index is -0.438. The Morgan fingerprint density at radius 1 is 1.33 bits per heavy atom. The van der Waals surface area contributed by atoms with Crippen LogP contribution in [0.1, 0.15) is 18.4 Å². The number of carbonyl (C=O) groups excluding carboxylic acids is 1. The van der Waals surface area contributed by atoms with Gasteiger partial charge in [-0.2, -0.15) is 0 Å². The van der Waals surface area contributed by atoms with Crippen molar-refractivity contribution in [1.29, 1.82) is 0 Å². The predicted molar refractivity (Wildman–Crippen MR) is 56.9 cm³/mol. The van der Waals surface area contributed by atoms with Crippen molar-refractivity contribution in [1.82, 2.24) is 0 Å². The van der Waals surface area contributed by atoms with Crippen LogP contribution in [0.2, 0.25) is 0 Å². The summed E-state index contributed by atoms with van der Waals surface area (Å²) in [6.07, 6.45) is 1.70. The van der Waals surface area contributed by atoms with Gasteiger partial charge in [-0.05, 0) is 30.0 Å². The van der Waals surface area contributed by atoms with Crippen molar-refractivity contribution in [2.45, 2.75) is 19.3 Å². The summed E-state index contributed by atoms with van der Waals surface area (Å²) in [6.45, 7) is 0. The fourth-order valence-electron chi connectivity index (χ4n) is 1.22. The number of carbonyl (C=O) groups is 1. The summed E-state index contributed by atoms with van der Waals surface area (Å²) < 4.78 is 0. The maximum Gasteiger partial charge on any atom is 0.269 e. The lowest BCUT2D eigenvalue weighted by Gasteiger charge is -1.98. The summed E-state index contributed by atoms with van der Waals surface area (Å²) in [6, 6.07) is 6.30. The molecule has 0 fully saturated rings. The Labute approximate surface area is 92.0 Å². The van der Waals surface area contributed by atoms with Crippen LogP contribution in [0.25, 0.3) is 0 Å². The summed E-state index contributed by atoms with van der Waals surface area (Å²) in [7, 11) is 0. The van der Waals surface area contributed by atoms with Gasteiger partial charge in [0.05, 0.1) is 4.92 Å². The highest BCUT2D eigenvalue weighted by molar-refractivity contribution is 6.63. The molecule has 15 heavy (non-hydrogen) atoms. The number of nitro benzene ring substituents is 1. The molecule has 1 rings (SSSR count). The molecule has 0 atom stereocenters. The summed E-state index contributed by atoms with van der Waals surface area (Å²) in [5.74, 6) is 0. The molecule has 0 heterocycles. The lowest BCUT2D eigenvalue weighted by molar-refractivity contribution is -0.384. The molecule has 0 aliphatic rings. The highest BCUT2D eigenvalue weighted by Crippen LogP contribution is 2.13. The fourth-order valence-corrected chi connectivity index (χ4v) is 1.35. The van der Waals surface area contributed by atoms with Gasteiger partial charge in [0, 0.05) is 18.6 Å². The van der Waals surface area contributed by atoms with E-state index in [1.165, 1.54) is 12.1 Å². The number of aryl methyl sites for hydroxylation is 1. The van der Waals surface area contributed by atoms with E-state index in [-0.39, 0.29) is 10.9 Å². The SMILES string of the molecule is O=C(Cl)CCCc1ccc([N+](=O)[O-])cc1. The van der Waals surface area contributed by atoms with Crippen molar-refractivity contribution in [2.75, 3.05) is 0 Å². The smallest absolute Gasteiger partial charge is 0.269 e. The fraction of sp³-hybridized carbons (Fsp3) is 0.300. The predicted octanol–water partition coefficient (Wildman–Crippen LogP) is 2.68. The van der Waals surface area contributed by atoms with Gasteiger partial charge in [0.1, 0.15) is 0 Å². The van der Waals surface area contributed by atoms with Crippen LogP contribution in [-0.2, 0) is 11.2 Å². The number of hydrogen-bond donors (Lipinski definition) is 0. The number of nitrogens with zero attached hydrogens (tertiary/aromatic N) is 1. The molecule has 0 saturated carbocycles. The van der Waals surface area contributed by atoms with Crippen molar-refractivity contribution < 1.29 is 9.72 Å². The molecule has 0 N–H and O–H groups in total. The number of non-ortho nitro benzene ring substituents is 1. The van der Waals surface area contributed by atoms with Gasteiger partial charge >= 0.3 is 0 Å². The Morgan fingerprint density at radius 3 is 2.40 bits per heavy atom. The number of nitro groups is 1. The van der Waals surface area contributed by atoms with Crippen LogP contribution in [0.5, 0.6) is 0 Å². The average Bonchev–Trinajstić information content (AvgIpc) is 2.18. The van der Waals surface area contributed by atoms with E-state index >= 15 is 0 Å². The molecule has 0 aromatic heterocycles. The van der Waals surface area contributed by atoms with E-state index in [0.29, 0.717) is 19.3 Å². The molecule has 0 unspecified atom stereocenters. The molecule has 1 aromatic carbocycles. The highest BCUT2D eigenvalue weighted by Gasteiger charge is 2.04. The molecule has 0 radical (unpaired) electrons. The summed E-state index contributed by atoms with van der Waals surface area (Å²) >= 11 is 5.18. The summed E-state index contributed by atoms with van der Waals surface area (Å²) in [5, 5.41) is 10.0. The zero-order valence-electron chi connectivity index (χ0n) is 7.98. The Kier molecular flexibility index (Phi) is 4.24. The zero-order chi connectivity index (χ0) is 11.3. The molecule has 0 aliphatic carbocycles. The van der Waals surface area contributed by atoms with Gasteiger partial charge in [-0.1, -0.05) is 12.1 Å². The highest BCUT2D eigenvalue weighted by atomic mass is 35.5. The van der Waals surface area contributed by atoms with Gasteiger partial charge in [0.15, 0.2) is 0 Å². The largest absolute Gasteiger partial charge is 0.281 e. The van der Waals surface area contributed by atoms with E-state index in [1.54, 1.807) is 12.1 Å². The molecule has 0 amide bonds. The molecule has 4 nitrogen and oxygen atoms in total. The van der Waals surface area contributed by atoms with Crippen molar-refractivity contribution in [3.63, 3.8) is 0 Å². The molecule has 0 aliphatic heterocycles. The monoisotopic (exact) mass is 227 g/mol. The summed E-state index contributed by atoms with van der Waals surface area (Å²) in [4.78, 5) is 20.4. The lowest BCUT2D eigenvalue weighted by Crippen LogP contribution is -1.92.